The highest BCUT2D eigenvalue weighted by Gasteiger charge is 2.19. The van der Waals surface area contributed by atoms with E-state index in [1.807, 2.05) is 61.0 Å². The van der Waals surface area contributed by atoms with Gasteiger partial charge in [-0.15, -0.1) is 11.3 Å². The van der Waals surface area contributed by atoms with Crippen molar-refractivity contribution in [2.45, 2.75) is 0 Å². The molecule has 0 radical (unpaired) electrons. The van der Waals surface area contributed by atoms with Gasteiger partial charge >= 0.3 is 0 Å². The molecule has 0 unspecified atom stereocenters. The van der Waals surface area contributed by atoms with Crippen LogP contribution in [-0.4, -0.2) is 15.6 Å². The maximum absolute atomic E-state index is 12.9. The molecule has 3 nitrogen and oxygen atoms in total. The molecular weight excluding hydrogens is 280 g/mol. The first-order valence-electron chi connectivity index (χ1n) is 6.68. The summed E-state index contributed by atoms with van der Waals surface area (Å²) in [4.78, 5) is 12.9. The van der Waals surface area contributed by atoms with Crippen LogP contribution in [0.5, 0.6) is 0 Å². The van der Waals surface area contributed by atoms with Gasteiger partial charge in [0.25, 0.3) is 0 Å². The number of ketones is 1. The summed E-state index contributed by atoms with van der Waals surface area (Å²) in [7, 11) is 1.87. The Kier molecular flexibility index (Phi) is 2.65. The number of benzene rings is 2. The van der Waals surface area contributed by atoms with Crippen molar-refractivity contribution >= 4 is 38.1 Å². The molecule has 0 fully saturated rings. The van der Waals surface area contributed by atoms with Crippen molar-refractivity contribution in [3.05, 3.63) is 65.2 Å². The minimum atomic E-state index is -0.0140. The minimum absolute atomic E-state index is 0.0140. The number of nitrogens with zero attached hydrogens (tertiary/aromatic N) is 2. The molecule has 21 heavy (non-hydrogen) atoms. The Hall–Kier alpha value is -2.46. The van der Waals surface area contributed by atoms with Gasteiger partial charge in [0, 0.05) is 22.7 Å². The molecule has 0 N–H and O–H groups in total. The minimum Gasteiger partial charge on any atom is -0.287 e. The van der Waals surface area contributed by atoms with Crippen molar-refractivity contribution in [3.63, 3.8) is 0 Å². The van der Waals surface area contributed by atoms with Crippen LogP contribution in [0.4, 0.5) is 0 Å². The molecule has 0 bridgehead atoms. The molecule has 0 spiro atoms. The molecule has 0 aliphatic carbocycles. The number of hydrogen-bond donors (Lipinski definition) is 0. The van der Waals surface area contributed by atoms with Gasteiger partial charge in [-0.25, -0.2) is 0 Å². The normalized spacial score (nSPS) is 11.3. The first-order valence-corrected chi connectivity index (χ1v) is 7.56. The van der Waals surface area contributed by atoms with Crippen molar-refractivity contribution in [2.75, 3.05) is 0 Å². The lowest BCUT2D eigenvalue weighted by Gasteiger charge is -2.00. The number of thiophene rings is 1. The average molecular weight is 292 g/mol. The fourth-order valence-corrected chi connectivity index (χ4v) is 3.59. The molecule has 4 aromatic rings. The van der Waals surface area contributed by atoms with E-state index in [2.05, 4.69) is 5.10 Å². The largest absolute Gasteiger partial charge is 0.287 e. The molecule has 102 valence electrons. The van der Waals surface area contributed by atoms with Crippen molar-refractivity contribution in [3.8, 4) is 0 Å². The number of aryl methyl sites for hydroxylation is 1. The van der Waals surface area contributed by atoms with Crippen molar-refractivity contribution in [1.82, 2.24) is 9.78 Å². The monoisotopic (exact) mass is 292 g/mol. The van der Waals surface area contributed by atoms with Crippen molar-refractivity contribution in [2.24, 2.45) is 7.05 Å². The fraction of sp³-hybridized carbons (Fsp3) is 0.0588. The van der Waals surface area contributed by atoms with Gasteiger partial charge in [-0.2, -0.15) is 5.10 Å². The SMILES string of the molecule is Cn1nc(C(=O)c2cccc3ccsc23)c2ccccc21. The Balaban J connectivity index is 1.97. The predicted molar refractivity (Wildman–Crippen MR) is 86.0 cm³/mol. The third-order valence-electron chi connectivity index (χ3n) is 3.70. The lowest BCUT2D eigenvalue weighted by Crippen LogP contribution is -2.03. The van der Waals surface area contributed by atoms with Crippen LogP contribution >= 0.6 is 11.3 Å². The number of carbonyl (C=O) groups is 1. The summed E-state index contributed by atoms with van der Waals surface area (Å²) in [6.07, 6.45) is 0. The summed E-state index contributed by atoms with van der Waals surface area (Å²) in [5.74, 6) is -0.0140. The first kappa shape index (κ1) is 12.3. The number of aromatic nitrogens is 2. The summed E-state index contributed by atoms with van der Waals surface area (Å²) >= 11 is 1.59. The second-order valence-corrected chi connectivity index (χ2v) is 5.88. The quantitative estimate of drug-likeness (QED) is 0.523. The van der Waals surface area contributed by atoms with Crippen LogP contribution in [0, 0.1) is 0 Å². The van der Waals surface area contributed by atoms with Crippen LogP contribution in [-0.2, 0) is 7.05 Å². The van der Waals surface area contributed by atoms with E-state index in [1.165, 1.54) is 0 Å². The van der Waals surface area contributed by atoms with E-state index in [9.17, 15) is 4.79 Å². The van der Waals surface area contributed by atoms with E-state index < -0.39 is 0 Å². The zero-order valence-electron chi connectivity index (χ0n) is 11.4. The second kappa shape index (κ2) is 4.53. The maximum atomic E-state index is 12.9. The van der Waals surface area contributed by atoms with Crippen LogP contribution < -0.4 is 0 Å². The van der Waals surface area contributed by atoms with Crippen LogP contribution in [0.2, 0.25) is 0 Å². The predicted octanol–water partition coefficient (Wildman–Crippen LogP) is 4.02. The van der Waals surface area contributed by atoms with E-state index in [4.69, 9.17) is 0 Å². The van der Waals surface area contributed by atoms with E-state index >= 15 is 0 Å². The van der Waals surface area contributed by atoms with Gasteiger partial charge in [-0.3, -0.25) is 9.48 Å². The number of fused-ring (bicyclic) bond motifs is 2. The standard InChI is InChI=1S/C17H12N2OS/c1-19-14-8-3-2-6-12(14)15(18-19)16(20)13-7-4-5-11-9-10-21-17(11)13/h2-10H,1H3. The van der Waals surface area contributed by atoms with E-state index in [0.717, 1.165) is 26.6 Å². The molecule has 2 aromatic heterocycles. The Morgan fingerprint density at radius 1 is 1.10 bits per heavy atom. The van der Waals surface area contributed by atoms with Crippen LogP contribution in [0.1, 0.15) is 16.1 Å². The lowest BCUT2D eigenvalue weighted by molar-refractivity contribution is 0.103. The summed E-state index contributed by atoms with van der Waals surface area (Å²) in [5, 5.41) is 8.45. The van der Waals surface area contributed by atoms with E-state index in [0.29, 0.717) is 5.69 Å². The summed E-state index contributed by atoms with van der Waals surface area (Å²) in [6, 6.07) is 15.7. The summed E-state index contributed by atoms with van der Waals surface area (Å²) < 4.78 is 2.79. The molecule has 0 saturated carbocycles. The summed E-state index contributed by atoms with van der Waals surface area (Å²) in [6.45, 7) is 0. The van der Waals surface area contributed by atoms with Crippen molar-refractivity contribution < 1.29 is 4.79 Å². The van der Waals surface area contributed by atoms with Crippen LogP contribution in [0.25, 0.3) is 21.0 Å². The van der Waals surface area contributed by atoms with Gasteiger partial charge in [0.15, 0.2) is 0 Å². The van der Waals surface area contributed by atoms with Gasteiger partial charge < -0.3 is 0 Å². The van der Waals surface area contributed by atoms with Crippen LogP contribution in [0.3, 0.4) is 0 Å². The molecule has 4 rings (SSSR count). The zero-order valence-corrected chi connectivity index (χ0v) is 12.2. The van der Waals surface area contributed by atoms with Gasteiger partial charge in [-0.1, -0.05) is 30.3 Å². The van der Waals surface area contributed by atoms with Crippen molar-refractivity contribution in [1.29, 1.82) is 0 Å². The first-order chi connectivity index (χ1) is 10.3. The number of rotatable bonds is 2. The number of carbonyl (C=O) groups excluding carboxylic acids is 1. The lowest BCUT2D eigenvalue weighted by atomic mass is 10.0. The Bertz CT molecular complexity index is 981. The van der Waals surface area contributed by atoms with Gasteiger partial charge in [0.1, 0.15) is 5.69 Å². The average Bonchev–Trinajstić information content (AvgIpc) is 3.11. The van der Waals surface area contributed by atoms with Gasteiger partial charge in [-0.05, 0) is 29.0 Å². The van der Waals surface area contributed by atoms with Gasteiger partial charge in [0.05, 0.1) is 5.52 Å². The smallest absolute Gasteiger partial charge is 0.215 e. The third kappa shape index (κ3) is 1.80. The van der Waals surface area contributed by atoms with E-state index in [-0.39, 0.29) is 5.78 Å². The third-order valence-corrected chi connectivity index (χ3v) is 4.66. The van der Waals surface area contributed by atoms with Gasteiger partial charge in [0.2, 0.25) is 5.78 Å². The molecule has 2 heterocycles. The molecule has 0 aliphatic rings. The number of para-hydroxylation sites is 1. The number of hydrogen-bond acceptors (Lipinski definition) is 3. The highest BCUT2D eigenvalue weighted by molar-refractivity contribution is 7.17. The zero-order chi connectivity index (χ0) is 14.4. The Morgan fingerprint density at radius 3 is 2.86 bits per heavy atom. The molecule has 2 aromatic carbocycles. The molecule has 0 aliphatic heterocycles. The van der Waals surface area contributed by atoms with Crippen LogP contribution in [0.15, 0.2) is 53.9 Å². The highest BCUT2D eigenvalue weighted by atomic mass is 32.1. The molecular formula is C17H12N2OS. The molecule has 0 atom stereocenters. The Labute approximate surface area is 125 Å². The second-order valence-electron chi connectivity index (χ2n) is 4.96. The molecule has 0 amide bonds. The molecule has 4 heteroatoms. The Morgan fingerprint density at radius 2 is 1.95 bits per heavy atom. The van der Waals surface area contributed by atoms with E-state index in [1.54, 1.807) is 16.0 Å². The molecule has 0 saturated heterocycles. The topological polar surface area (TPSA) is 34.9 Å². The highest BCUT2D eigenvalue weighted by Crippen LogP contribution is 2.28. The summed E-state index contributed by atoms with van der Waals surface area (Å²) in [5.41, 5.74) is 2.22. The maximum Gasteiger partial charge on any atom is 0.215 e. The fourth-order valence-electron chi connectivity index (χ4n) is 2.68.